The fourth-order valence-corrected chi connectivity index (χ4v) is 2.68. The van der Waals surface area contributed by atoms with Crippen LogP contribution in [-0.2, 0) is 0 Å². The largest absolute Gasteiger partial charge is 0.314 e. The summed E-state index contributed by atoms with van der Waals surface area (Å²) in [5.41, 5.74) is 0. The first-order valence-electron chi connectivity index (χ1n) is 5.81. The molecule has 13 heavy (non-hydrogen) atoms. The van der Waals surface area contributed by atoms with Crippen molar-refractivity contribution in [2.24, 2.45) is 5.92 Å². The van der Waals surface area contributed by atoms with E-state index in [-0.39, 0.29) is 0 Å². The molecule has 0 spiro atoms. The van der Waals surface area contributed by atoms with Gasteiger partial charge in [0.1, 0.15) is 0 Å². The summed E-state index contributed by atoms with van der Waals surface area (Å²) in [5.74, 6) is 1.01. The lowest BCUT2D eigenvalue weighted by Crippen LogP contribution is -2.50. The first-order chi connectivity index (χ1) is 6.36. The minimum atomic E-state index is 0.759. The third-order valence-electron chi connectivity index (χ3n) is 3.61. The Morgan fingerprint density at radius 2 is 2.08 bits per heavy atom. The summed E-state index contributed by atoms with van der Waals surface area (Å²) in [4.78, 5) is 2.67. The Kier molecular flexibility index (Phi) is 3.23. The van der Waals surface area contributed by atoms with Crippen LogP contribution in [0.3, 0.4) is 0 Å². The van der Waals surface area contributed by atoms with Gasteiger partial charge in [-0.2, -0.15) is 0 Å². The fraction of sp³-hybridized carbons (Fsp3) is 1.00. The predicted octanol–water partition coefficient (Wildman–Crippen LogP) is 1.47. The first kappa shape index (κ1) is 9.47. The third kappa shape index (κ3) is 2.44. The summed E-state index contributed by atoms with van der Waals surface area (Å²) in [5, 5.41) is 3.45. The molecular weight excluding hydrogens is 160 g/mol. The van der Waals surface area contributed by atoms with E-state index < -0.39 is 0 Å². The van der Waals surface area contributed by atoms with E-state index in [0.29, 0.717) is 0 Å². The molecule has 2 rings (SSSR count). The summed E-state index contributed by atoms with van der Waals surface area (Å²) in [6.07, 6.45) is 5.92. The van der Waals surface area contributed by atoms with Gasteiger partial charge in [0.05, 0.1) is 0 Å². The van der Waals surface area contributed by atoms with Crippen molar-refractivity contribution >= 4 is 0 Å². The molecule has 0 radical (unpaired) electrons. The molecule has 1 saturated carbocycles. The predicted molar refractivity (Wildman–Crippen MR) is 55.9 cm³/mol. The molecule has 1 atom stereocenters. The highest BCUT2D eigenvalue weighted by molar-refractivity contribution is 4.79. The minimum Gasteiger partial charge on any atom is -0.314 e. The summed E-state index contributed by atoms with van der Waals surface area (Å²) in [6.45, 7) is 7.35. The Morgan fingerprint density at radius 3 is 2.77 bits per heavy atom. The average Bonchev–Trinajstić information content (AvgIpc) is 2.61. The Hall–Kier alpha value is -0.0800. The fourth-order valence-electron chi connectivity index (χ4n) is 2.68. The van der Waals surface area contributed by atoms with Crippen LogP contribution < -0.4 is 5.32 Å². The number of piperazine rings is 1. The molecule has 1 heterocycles. The van der Waals surface area contributed by atoms with Crippen LogP contribution in [0.5, 0.6) is 0 Å². The second-order valence-corrected chi connectivity index (χ2v) is 4.70. The molecule has 0 bridgehead atoms. The Morgan fingerprint density at radius 1 is 1.31 bits per heavy atom. The van der Waals surface area contributed by atoms with E-state index in [1.807, 2.05) is 0 Å². The minimum absolute atomic E-state index is 0.759. The number of nitrogens with zero attached hydrogens (tertiary/aromatic N) is 1. The molecule has 1 aliphatic carbocycles. The van der Waals surface area contributed by atoms with Crippen LogP contribution in [0.1, 0.15) is 32.6 Å². The van der Waals surface area contributed by atoms with Gasteiger partial charge in [-0.15, -0.1) is 0 Å². The van der Waals surface area contributed by atoms with Crippen LogP contribution >= 0.6 is 0 Å². The maximum absolute atomic E-state index is 3.45. The van der Waals surface area contributed by atoms with Crippen molar-refractivity contribution in [1.29, 1.82) is 0 Å². The standard InChI is InChI=1S/C11H22N2/c1-10-8-12-6-7-13(10)9-11-4-2-3-5-11/h10-12H,2-9H2,1H3. The zero-order valence-corrected chi connectivity index (χ0v) is 8.76. The molecule has 0 aromatic rings. The van der Waals surface area contributed by atoms with Crippen molar-refractivity contribution in [3.8, 4) is 0 Å². The van der Waals surface area contributed by atoms with Gasteiger partial charge >= 0.3 is 0 Å². The van der Waals surface area contributed by atoms with E-state index in [1.165, 1.54) is 51.9 Å². The third-order valence-corrected chi connectivity index (χ3v) is 3.61. The van der Waals surface area contributed by atoms with Crippen LogP contribution in [0, 0.1) is 5.92 Å². The highest BCUT2D eigenvalue weighted by Crippen LogP contribution is 2.26. The molecule has 1 unspecified atom stereocenters. The molecule has 0 aromatic carbocycles. The van der Waals surface area contributed by atoms with Gasteiger partial charge in [0.2, 0.25) is 0 Å². The van der Waals surface area contributed by atoms with Gasteiger partial charge in [0.15, 0.2) is 0 Å². The van der Waals surface area contributed by atoms with E-state index >= 15 is 0 Å². The zero-order chi connectivity index (χ0) is 9.10. The quantitative estimate of drug-likeness (QED) is 0.695. The summed E-state index contributed by atoms with van der Waals surface area (Å²) in [6, 6.07) is 0.759. The van der Waals surface area contributed by atoms with E-state index in [1.54, 1.807) is 0 Å². The second-order valence-electron chi connectivity index (χ2n) is 4.70. The van der Waals surface area contributed by atoms with Crippen LogP contribution in [0.25, 0.3) is 0 Å². The summed E-state index contributed by atoms with van der Waals surface area (Å²) >= 11 is 0. The first-order valence-corrected chi connectivity index (χ1v) is 5.81. The number of nitrogens with one attached hydrogen (secondary N) is 1. The highest BCUT2D eigenvalue weighted by Gasteiger charge is 2.23. The van der Waals surface area contributed by atoms with Crippen LogP contribution in [-0.4, -0.2) is 37.1 Å². The van der Waals surface area contributed by atoms with Crippen molar-refractivity contribution in [1.82, 2.24) is 10.2 Å². The SMILES string of the molecule is CC1CNCCN1CC1CCCC1. The van der Waals surface area contributed by atoms with E-state index in [2.05, 4.69) is 17.1 Å². The van der Waals surface area contributed by atoms with Crippen LogP contribution in [0.4, 0.5) is 0 Å². The lowest BCUT2D eigenvalue weighted by atomic mass is 10.1. The number of hydrogen-bond acceptors (Lipinski definition) is 2. The van der Waals surface area contributed by atoms with Gasteiger partial charge in [-0.3, -0.25) is 4.90 Å². The maximum Gasteiger partial charge on any atom is 0.0193 e. The average molecular weight is 182 g/mol. The van der Waals surface area contributed by atoms with Crippen molar-refractivity contribution in [3.63, 3.8) is 0 Å². The van der Waals surface area contributed by atoms with Crippen molar-refractivity contribution in [2.75, 3.05) is 26.2 Å². The van der Waals surface area contributed by atoms with Crippen molar-refractivity contribution < 1.29 is 0 Å². The molecule has 1 N–H and O–H groups in total. The van der Waals surface area contributed by atoms with Gasteiger partial charge in [-0.25, -0.2) is 0 Å². The Labute approximate surface area is 81.7 Å². The number of rotatable bonds is 2. The molecule has 1 saturated heterocycles. The second kappa shape index (κ2) is 4.43. The van der Waals surface area contributed by atoms with Gasteiger partial charge in [-0.05, 0) is 25.7 Å². The topological polar surface area (TPSA) is 15.3 Å². The van der Waals surface area contributed by atoms with Crippen LogP contribution in [0.15, 0.2) is 0 Å². The zero-order valence-electron chi connectivity index (χ0n) is 8.76. The molecule has 2 fully saturated rings. The molecular formula is C11H22N2. The lowest BCUT2D eigenvalue weighted by molar-refractivity contribution is 0.148. The molecule has 2 nitrogen and oxygen atoms in total. The normalized spacial score (nSPS) is 32.5. The molecule has 2 aliphatic rings. The van der Waals surface area contributed by atoms with Gasteiger partial charge in [-0.1, -0.05) is 12.8 Å². The molecule has 0 amide bonds. The summed E-state index contributed by atoms with van der Waals surface area (Å²) < 4.78 is 0. The summed E-state index contributed by atoms with van der Waals surface area (Å²) in [7, 11) is 0. The molecule has 2 heteroatoms. The Bertz CT molecular complexity index is 152. The molecule has 0 aromatic heterocycles. The van der Waals surface area contributed by atoms with Crippen molar-refractivity contribution in [2.45, 2.75) is 38.6 Å². The van der Waals surface area contributed by atoms with Gasteiger partial charge < -0.3 is 5.32 Å². The van der Waals surface area contributed by atoms with E-state index in [0.717, 1.165) is 12.0 Å². The molecule has 76 valence electrons. The lowest BCUT2D eigenvalue weighted by Gasteiger charge is -2.35. The maximum atomic E-state index is 3.45. The smallest absolute Gasteiger partial charge is 0.0193 e. The highest BCUT2D eigenvalue weighted by atomic mass is 15.2. The van der Waals surface area contributed by atoms with Gasteiger partial charge in [0.25, 0.3) is 0 Å². The van der Waals surface area contributed by atoms with E-state index in [4.69, 9.17) is 0 Å². The van der Waals surface area contributed by atoms with Gasteiger partial charge in [0, 0.05) is 32.2 Å². The van der Waals surface area contributed by atoms with Crippen molar-refractivity contribution in [3.05, 3.63) is 0 Å². The Balaban J connectivity index is 1.78. The van der Waals surface area contributed by atoms with Crippen LogP contribution in [0.2, 0.25) is 0 Å². The monoisotopic (exact) mass is 182 g/mol. The number of hydrogen-bond donors (Lipinski definition) is 1. The molecule has 1 aliphatic heterocycles. The van der Waals surface area contributed by atoms with E-state index in [9.17, 15) is 0 Å².